The van der Waals surface area contributed by atoms with Crippen LogP contribution in [-0.4, -0.2) is 174 Å². The molecule has 0 radical (unpaired) electrons. The average molecular weight is 734 g/mol. The Bertz CT molecular complexity index is 1270. The summed E-state index contributed by atoms with van der Waals surface area (Å²) in [4.78, 5) is 0. The van der Waals surface area contributed by atoms with E-state index in [9.17, 15) is 30.6 Å². The van der Waals surface area contributed by atoms with Gasteiger partial charge < -0.3 is 102 Å². The first-order valence-electron chi connectivity index (χ1n) is 16.9. The lowest BCUT2D eigenvalue weighted by Crippen LogP contribution is -2.69. The molecule has 51 heavy (non-hydrogen) atoms. The molecule has 0 aromatic heterocycles. The topological polar surface area (TPSA) is 335 Å². The Morgan fingerprint density at radius 1 is 0.686 bits per heavy atom. The molecule has 0 spiro atoms. The number of nitrogens with two attached hydrogens (primary N) is 5. The van der Waals surface area contributed by atoms with Crippen LogP contribution in [0.5, 0.6) is 5.75 Å². The molecule has 6 rings (SSSR count). The van der Waals surface area contributed by atoms with E-state index in [0.717, 1.165) is 0 Å². The number of rotatable bonds is 10. The smallest absolute Gasteiger partial charge is 0.187 e. The minimum atomic E-state index is -1.61. The summed E-state index contributed by atoms with van der Waals surface area (Å²) in [7, 11) is 1.55. The second-order valence-corrected chi connectivity index (χ2v) is 13.6. The number of ether oxygens (including phenoxy) is 9. The minimum Gasteiger partial charge on any atom is -0.497 e. The van der Waals surface area contributed by atoms with Crippen molar-refractivity contribution in [2.45, 2.75) is 129 Å². The first-order chi connectivity index (χ1) is 24.4. The predicted octanol–water partition coefficient (Wildman–Crippen LogP) is -6.09. The summed E-state index contributed by atoms with van der Waals surface area (Å²) in [5, 5.41) is 64.4. The summed E-state index contributed by atoms with van der Waals surface area (Å²) in [6.07, 6.45) is -19.6. The van der Waals surface area contributed by atoms with Gasteiger partial charge in [-0.1, -0.05) is 12.1 Å². The van der Waals surface area contributed by atoms with Crippen molar-refractivity contribution >= 4 is 0 Å². The van der Waals surface area contributed by atoms with Crippen molar-refractivity contribution in [3.05, 3.63) is 29.8 Å². The van der Waals surface area contributed by atoms with Gasteiger partial charge in [-0.25, -0.2) is 0 Å². The molecule has 4 heterocycles. The van der Waals surface area contributed by atoms with E-state index in [-0.39, 0.29) is 19.6 Å². The minimum absolute atomic E-state index is 0.0254. The molecule has 5 aliphatic rings. The molecule has 1 saturated carbocycles. The van der Waals surface area contributed by atoms with Crippen LogP contribution < -0.4 is 33.4 Å². The summed E-state index contributed by atoms with van der Waals surface area (Å²) < 4.78 is 52.9. The van der Waals surface area contributed by atoms with Crippen molar-refractivity contribution in [2.24, 2.45) is 28.7 Å². The van der Waals surface area contributed by atoms with Crippen LogP contribution in [0, 0.1) is 0 Å². The maximum absolute atomic E-state index is 11.3. The van der Waals surface area contributed by atoms with Crippen molar-refractivity contribution in [2.75, 3.05) is 26.9 Å². The van der Waals surface area contributed by atoms with E-state index in [1.54, 1.807) is 31.4 Å². The van der Waals surface area contributed by atoms with Crippen molar-refractivity contribution in [3.63, 3.8) is 0 Å². The molecular weight excluding hydrogens is 682 g/mol. The molecule has 4 aliphatic heterocycles. The van der Waals surface area contributed by atoms with E-state index in [1.165, 1.54) is 0 Å². The standard InChI is InChI=1S/C31H51N5O15/c1-43-11-4-2-10(3-5-11)28-44-9-16-26(49-28)22(41)18(36)30(47-16)48-24-13(34)6-12(33)19(38)27(24)51-31-23(42)25(15(8-37)46-31)50-29-17(35)21(40)20(39)14(7-32)45-29/h2-5,12-31,37-42H,6-9,32-36H2,1H3/t12-,13+,14+,15-,16-,17-,18-,19+,20-,21-,22-,23-,24-,25-,26-,27-,28-,29-,30-,31+/m1/s1. The summed E-state index contributed by atoms with van der Waals surface area (Å²) >= 11 is 0. The van der Waals surface area contributed by atoms with Gasteiger partial charge in [0.05, 0.1) is 38.5 Å². The molecule has 0 unspecified atom stereocenters. The fourth-order valence-electron chi connectivity index (χ4n) is 7.14. The number of hydrogen-bond donors (Lipinski definition) is 11. The third-order valence-electron chi connectivity index (χ3n) is 10.2. The van der Waals surface area contributed by atoms with Crippen molar-refractivity contribution < 1.29 is 73.3 Å². The highest BCUT2D eigenvalue weighted by molar-refractivity contribution is 5.28. The third kappa shape index (κ3) is 7.77. The fraction of sp³-hybridized carbons (Fsp3) is 0.806. The lowest BCUT2D eigenvalue weighted by Gasteiger charge is -2.49. The lowest BCUT2D eigenvalue weighted by atomic mass is 9.84. The summed E-state index contributed by atoms with van der Waals surface area (Å²) in [6.45, 7) is -0.782. The van der Waals surface area contributed by atoms with Crippen molar-refractivity contribution in [3.8, 4) is 5.75 Å². The number of aliphatic hydroxyl groups is 6. The molecule has 16 N–H and O–H groups in total. The molecule has 0 amide bonds. The van der Waals surface area contributed by atoms with Gasteiger partial charge in [-0.15, -0.1) is 0 Å². The molecule has 1 aromatic rings. The molecule has 1 aliphatic carbocycles. The molecule has 1 aromatic carbocycles. The molecule has 0 bridgehead atoms. The number of hydrogen-bond acceptors (Lipinski definition) is 20. The van der Waals surface area contributed by atoms with Crippen LogP contribution >= 0.6 is 0 Å². The second-order valence-electron chi connectivity index (χ2n) is 13.6. The van der Waals surface area contributed by atoms with E-state index in [1.807, 2.05) is 0 Å². The molecule has 20 heteroatoms. The molecule has 5 fully saturated rings. The Hall–Kier alpha value is -1.74. The van der Waals surface area contributed by atoms with Crippen LogP contribution in [-0.2, 0) is 37.9 Å². The Morgan fingerprint density at radius 3 is 1.98 bits per heavy atom. The van der Waals surface area contributed by atoms with Crippen LogP contribution in [0.2, 0.25) is 0 Å². The van der Waals surface area contributed by atoms with Gasteiger partial charge in [-0.2, -0.15) is 0 Å². The van der Waals surface area contributed by atoms with E-state index >= 15 is 0 Å². The highest BCUT2D eigenvalue weighted by Gasteiger charge is 2.55. The Labute approximate surface area is 293 Å². The highest BCUT2D eigenvalue weighted by Crippen LogP contribution is 2.37. The first-order valence-corrected chi connectivity index (χ1v) is 16.9. The predicted molar refractivity (Wildman–Crippen MR) is 170 cm³/mol. The zero-order valence-corrected chi connectivity index (χ0v) is 27.9. The van der Waals surface area contributed by atoms with Crippen LogP contribution in [0.4, 0.5) is 0 Å². The number of benzene rings is 1. The first kappa shape index (κ1) is 39.0. The maximum atomic E-state index is 11.3. The largest absolute Gasteiger partial charge is 0.497 e. The zero-order chi connectivity index (χ0) is 36.7. The van der Waals surface area contributed by atoms with Crippen LogP contribution in [0.1, 0.15) is 18.3 Å². The van der Waals surface area contributed by atoms with Gasteiger partial charge in [-0.3, -0.25) is 0 Å². The third-order valence-corrected chi connectivity index (χ3v) is 10.2. The van der Waals surface area contributed by atoms with Crippen molar-refractivity contribution in [1.82, 2.24) is 0 Å². The van der Waals surface area contributed by atoms with Crippen LogP contribution in [0.15, 0.2) is 24.3 Å². The van der Waals surface area contributed by atoms with Gasteiger partial charge in [0, 0.05) is 24.2 Å². The molecule has 4 saturated heterocycles. The highest BCUT2D eigenvalue weighted by atomic mass is 16.8. The SMILES string of the molecule is COc1ccc([C@@H]2OC[C@H]3O[C@H](O[C@H]4[C@H](O[C@@H]5O[C@H](CO)[C@@H](O[C@H]6O[C@@H](CN)[C@@H](O)[C@H](O)[C@H]6N)[C@H]5O)[C@@H](O)[C@H](N)C[C@@H]4N)[C@H](N)[C@@H](O)[C@@H]3O2)cc1. The van der Waals surface area contributed by atoms with Gasteiger partial charge in [0.25, 0.3) is 0 Å². The normalized spacial score (nSPS) is 49.0. The molecular formula is C31H51N5O15. The quantitative estimate of drug-likeness (QED) is 0.107. The molecule has 20 atom stereocenters. The molecule has 290 valence electrons. The van der Waals surface area contributed by atoms with E-state index < -0.39 is 129 Å². The number of methoxy groups -OCH3 is 1. The zero-order valence-electron chi connectivity index (χ0n) is 27.9. The average Bonchev–Trinajstić information content (AvgIpc) is 3.43. The van der Waals surface area contributed by atoms with E-state index in [2.05, 4.69) is 0 Å². The maximum Gasteiger partial charge on any atom is 0.187 e. The van der Waals surface area contributed by atoms with Gasteiger partial charge in [0.1, 0.15) is 72.9 Å². The van der Waals surface area contributed by atoms with Gasteiger partial charge in [0.15, 0.2) is 25.2 Å². The fourth-order valence-corrected chi connectivity index (χ4v) is 7.14. The van der Waals surface area contributed by atoms with Crippen LogP contribution in [0.3, 0.4) is 0 Å². The Balaban J connectivity index is 1.13. The second kappa shape index (κ2) is 16.3. The van der Waals surface area contributed by atoms with Gasteiger partial charge >= 0.3 is 0 Å². The number of aliphatic hydroxyl groups excluding tert-OH is 6. The Morgan fingerprint density at radius 2 is 1.31 bits per heavy atom. The van der Waals surface area contributed by atoms with E-state index in [4.69, 9.17) is 71.3 Å². The molecule has 20 nitrogen and oxygen atoms in total. The van der Waals surface area contributed by atoms with Gasteiger partial charge in [-0.05, 0) is 18.6 Å². The summed E-state index contributed by atoms with van der Waals surface area (Å²) in [5.74, 6) is 0.655. The van der Waals surface area contributed by atoms with Gasteiger partial charge in [0.2, 0.25) is 0 Å². The lowest BCUT2D eigenvalue weighted by molar-refractivity contribution is -0.356. The Kier molecular flexibility index (Phi) is 12.5. The monoisotopic (exact) mass is 733 g/mol. The summed E-state index contributed by atoms with van der Waals surface area (Å²) in [6, 6.07) is 2.97. The van der Waals surface area contributed by atoms with E-state index in [0.29, 0.717) is 11.3 Å². The van der Waals surface area contributed by atoms with Crippen LogP contribution in [0.25, 0.3) is 0 Å². The van der Waals surface area contributed by atoms with Crippen molar-refractivity contribution in [1.29, 1.82) is 0 Å². The summed E-state index contributed by atoms with van der Waals surface area (Å²) in [5.41, 5.74) is 31.5. The number of fused-ring (bicyclic) bond motifs is 1.